The first kappa shape index (κ1) is 34.1. The molecule has 4 rings (SSSR count). The van der Waals surface area contributed by atoms with Crippen molar-refractivity contribution in [1.82, 2.24) is 4.98 Å². The number of aliphatic hydroxyl groups excluding tert-OH is 2. The summed E-state index contributed by atoms with van der Waals surface area (Å²) in [4.78, 5) is 4.52. The van der Waals surface area contributed by atoms with Gasteiger partial charge in [-0.3, -0.25) is 4.98 Å². The number of aromatic hydroxyl groups is 1. The van der Waals surface area contributed by atoms with Gasteiger partial charge in [0.15, 0.2) is 0 Å². The fraction of sp³-hybridized carbons (Fsp3) is 0.237. The maximum absolute atomic E-state index is 11.5. The van der Waals surface area contributed by atoms with E-state index >= 15 is 0 Å². The lowest BCUT2D eigenvalue weighted by molar-refractivity contribution is 0.199. The van der Waals surface area contributed by atoms with Crippen LogP contribution in [0, 0.1) is 0 Å². The first-order valence-electron chi connectivity index (χ1n) is 15.1. The lowest BCUT2D eigenvalue weighted by Crippen LogP contribution is -2.66. The summed E-state index contributed by atoms with van der Waals surface area (Å²) in [5.74, 6) is 0.0875. The summed E-state index contributed by atoms with van der Waals surface area (Å²) in [6.45, 7) is 10.9. The molecule has 3 aromatic carbocycles. The summed E-state index contributed by atoms with van der Waals surface area (Å²) in [5, 5.41) is 33.7. The summed E-state index contributed by atoms with van der Waals surface area (Å²) in [7, 11) is -2.83. The zero-order valence-corrected chi connectivity index (χ0v) is 27.9. The molecule has 3 N–H and O–H groups in total. The topological polar surface area (TPSA) is 82.8 Å². The van der Waals surface area contributed by atoms with Gasteiger partial charge in [-0.25, -0.2) is 0 Å². The summed E-state index contributed by atoms with van der Waals surface area (Å²) >= 11 is 6.42. The van der Waals surface area contributed by atoms with Gasteiger partial charge in [-0.15, -0.1) is 0 Å². The number of aliphatic hydroxyl groups is 2. The SMILES string of the molecule is C=C(CO[Si](c1ccccc1)(c1ccccc1)C(C)(C)C)/C(=C/CO)C(O)CC/C(=C/c1ccc(O)cc1Cl)c1ccccn1. The van der Waals surface area contributed by atoms with E-state index in [1.807, 2.05) is 60.7 Å². The van der Waals surface area contributed by atoms with Gasteiger partial charge in [0.1, 0.15) is 5.75 Å². The molecule has 0 spiro atoms. The number of phenols is 1. The minimum Gasteiger partial charge on any atom is -0.508 e. The third-order valence-corrected chi connectivity index (χ3v) is 13.3. The van der Waals surface area contributed by atoms with E-state index in [4.69, 9.17) is 16.0 Å². The van der Waals surface area contributed by atoms with Crippen molar-refractivity contribution in [2.45, 2.75) is 44.8 Å². The van der Waals surface area contributed by atoms with Gasteiger partial charge in [-0.05, 0) is 86.9 Å². The molecule has 0 aliphatic heterocycles. The Balaban J connectivity index is 1.60. The van der Waals surface area contributed by atoms with Crippen LogP contribution in [0.5, 0.6) is 5.75 Å². The quantitative estimate of drug-likeness (QED) is 0.107. The van der Waals surface area contributed by atoms with Crippen molar-refractivity contribution in [2.24, 2.45) is 0 Å². The van der Waals surface area contributed by atoms with E-state index in [2.05, 4.69) is 56.6 Å². The van der Waals surface area contributed by atoms with Crippen molar-refractivity contribution >= 4 is 41.9 Å². The molecule has 5 nitrogen and oxygen atoms in total. The molecule has 1 heterocycles. The van der Waals surface area contributed by atoms with Crippen molar-refractivity contribution in [3.05, 3.63) is 143 Å². The van der Waals surface area contributed by atoms with Crippen molar-refractivity contribution < 1.29 is 19.7 Å². The highest BCUT2D eigenvalue weighted by Gasteiger charge is 2.50. The van der Waals surface area contributed by atoms with Crippen LogP contribution >= 0.6 is 11.6 Å². The lowest BCUT2D eigenvalue weighted by atomic mass is 9.94. The molecule has 234 valence electrons. The van der Waals surface area contributed by atoms with Crippen LogP contribution in [0.15, 0.2) is 127 Å². The number of pyridine rings is 1. The molecule has 0 bridgehead atoms. The van der Waals surface area contributed by atoms with Crippen molar-refractivity contribution in [1.29, 1.82) is 0 Å². The summed E-state index contributed by atoms with van der Waals surface area (Å²) in [5.41, 5.74) is 3.54. The second-order valence-electron chi connectivity index (χ2n) is 12.0. The fourth-order valence-corrected chi connectivity index (χ4v) is 10.5. The number of nitrogens with zero attached hydrogens (tertiary/aromatic N) is 1. The van der Waals surface area contributed by atoms with E-state index in [0.29, 0.717) is 29.0 Å². The van der Waals surface area contributed by atoms with Gasteiger partial charge in [0, 0.05) is 6.20 Å². The third-order valence-electron chi connectivity index (χ3n) is 7.95. The molecule has 0 aliphatic rings. The maximum Gasteiger partial charge on any atom is 0.261 e. The van der Waals surface area contributed by atoms with Gasteiger partial charge in [0.05, 0.1) is 30.0 Å². The number of hydrogen-bond acceptors (Lipinski definition) is 5. The third kappa shape index (κ3) is 8.28. The molecule has 0 amide bonds. The van der Waals surface area contributed by atoms with Gasteiger partial charge in [0.2, 0.25) is 0 Å². The van der Waals surface area contributed by atoms with E-state index in [1.54, 1.807) is 24.4 Å². The number of aromatic nitrogens is 1. The summed E-state index contributed by atoms with van der Waals surface area (Å²) < 4.78 is 7.05. The van der Waals surface area contributed by atoms with Gasteiger partial charge < -0.3 is 19.7 Å². The minimum atomic E-state index is -2.83. The monoisotopic (exact) mass is 639 g/mol. The highest BCUT2D eigenvalue weighted by Crippen LogP contribution is 2.37. The lowest BCUT2D eigenvalue weighted by Gasteiger charge is -2.43. The largest absolute Gasteiger partial charge is 0.508 e. The standard InChI is InChI=1S/C38H42ClNO4Si/c1-28(27-44-45(38(2,3)4,32-13-7-5-8-14-32)33-15-9-6-10-16-33)34(22-24-41)37(43)21-19-30(36-17-11-12-23-40-36)25-29-18-20-31(42)26-35(29)39/h5-18,20,22-23,25-26,37,41-43H,1,19,21,24,27H2,2-4H3/b30-25-,34-22-. The number of allylic oxidation sites excluding steroid dienone is 1. The first-order chi connectivity index (χ1) is 21.6. The Morgan fingerprint density at radius 2 is 1.58 bits per heavy atom. The van der Waals surface area contributed by atoms with Crippen LogP contribution in [0.25, 0.3) is 11.6 Å². The molecule has 45 heavy (non-hydrogen) atoms. The Kier molecular flexibility index (Phi) is 11.7. The predicted molar refractivity (Wildman–Crippen MR) is 188 cm³/mol. The fourth-order valence-electron chi connectivity index (χ4n) is 5.75. The number of rotatable bonds is 13. The van der Waals surface area contributed by atoms with Crippen LogP contribution in [0.2, 0.25) is 10.1 Å². The Morgan fingerprint density at radius 1 is 0.956 bits per heavy atom. The maximum atomic E-state index is 11.5. The predicted octanol–water partition coefficient (Wildman–Crippen LogP) is 7.17. The number of hydrogen-bond donors (Lipinski definition) is 3. The molecule has 0 radical (unpaired) electrons. The van der Waals surface area contributed by atoms with Crippen LogP contribution in [0.3, 0.4) is 0 Å². The zero-order chi connectivity index (χ0) is 32.5. The average Bonchev–Trinajstić information content (AvgIpc) is 3.03. The van der Waals surface area contributed by atoms with E-state index in [1.165, 1.54) is 6.07 Å². The molecule has 1 atom stereocenters. The van der Waals surface area contributed by atoms with E-state index < -0.39 is 14.4 Å². The van der Waals surface area contributed by atoms with Crippen LogP contribution in [0.4, 0.5) is 0 Å². The Hall–Kier alpha value is -3.78. The number of benzene rings is 3. The van der Waals surface area contributed by atoms with Crippen LogP contribution < -0.4 is 10.4 Å². The Labute approximate surface area is 273 Å². The van der Waals surface area contributed by atoms with E-state index in [9.17, 15) is 15.3 Å². The Bertz CT molecular complexity index is 1580. The molecule has 7 heteroatoms. The van der Waals surface area contributed by atoms with Crippen LogP contribution in [0.1, 0.15) is 44.9 Å². The molecule has 0 fully saturated rings. The van der Waals surface area contributed by atoms with Crippen molar-refractivity contribution in [3.8, 4) is 5.75 Å². The molecule has 1 unspecified atom stereocenters. The molecular formula is C38H42ClNO4Si. The normalized spacial score (nSPS) is 13.5. The van der Waals surface area contributed by atoms with E-state index in [0.717, 1.165) is 27.2 Å². The van der Waals surface area contributed by atoms with Crippen molar-refractivity contribution in [2.75, 3.05) is 13.2 Å². The first-order valence-corrected chi connectivity index (χ1v) is 17.4. The van der Waals surface area contributed by atoms with Crippen LogP contribution in [-0.4, -0.2) is 47.9 Å². The molecule has 4 aromatic rings. The second-order valence-corrected chi connectivity index (χ2v) is 16.8. The van der Waals surface area contributed by atoms with Crippen LogP contribution in [-0.2, 0) is 4.43 Å². The van der Waals surface area contributed by atoms with Gasteiger partial charge in [-0.1, -0.05) is 112 Å². The highest BCUT2D eigenvalue weighted by atomic mass is 35.5. The summed E-state index contributed by atoms with van der Waals surface area (Å²) in [6.07, 6.45) is 5.17. The molecule has 1 aromatic heterocycles. The highest BCUT2D eigenvalue weighted by molar-refractivity contribution is 6.99. The van der Waals surface area contributed by atoms with E-state index in [-0.39, 0.29) is 24.0 Å². The smallest absolute Gasteiger partial charge is 0.261 e. The van der Waals surface area contributed by atoms with Crippen molar-refractivity contribution in [3.63, 3.8) is 0 Å². The second kappa shape index (κ2) is 15.5. The number of halogens is 1. The molecule has 0 saturated heterocycles. The minimum absolute atomic E-state index is 0.0875. The zero-order valence-electron chi connectivity index (χ0n) is 26.2. The van der Waals surface area contributed by atoms with Gasteiger partial charge in [-0.2, -0.15) is 0 Å². The molecule has 0 saturated carbocycles. The van der Waals surface area contributed by atoms with Gasteiger partial charge in [0.25, 0.3) is 8.32 Å². The molecule has 0 aliphatic carbocycles. The van der Waals surface area contributed by atoms with Gasteiger partial charge >= 0.3 is 0 Å². The average molecular weight is 640 g/mol. The molecular weight excluding hydrogens is 598 g/mol. The number of phenolic OH excluding ortho intramolecular Hbond substituents is 1. The Morgan fingerprint density at radius 3 is 2.11 bits per heavy atom. The summed E-state index contributed by atoms with van der Waals surface area (Å²) in [6, 6.07) is 31.2.